The van der Waals surface area contributed by atoms with Gasteiger partial charge in [-0.2, -0.15) is 0 Å². The number of hydrogen-bond acceptors (Lipinski definition) is 5. The first-order valence-electron chi connectivity index (χ1n) is 11.2. The summed E-state index contributed by atoms with van der Waals surface area (Å²) in [6.07, 6.45) is 3.63. The van der Waals surface area contributed by atoms with Gasteiger partial charge in [-0.05, 0) is 62.1 Å². The van der Waals surface area contributed by atoms with Crippen LogP contribution in [0.15, 0.2) is 47.5 Å². The Balaban J connectivity index is 0.00000385. The van der Waals surface area contributed by atoms with Gasteiger partial charge in [0.1, 0.15) is 17.7 Å². The van der Waals surface area contributed by atoms with Crippen molar-refractivity contribution in [2.24, 2.45) is 10.7 Å². The number of benzene rings is 2. The second-order valence-corrected chi connectivity index (χ2v) is 7.76. The second-order valence-electron chi connectivity index (χ2n) is 7.76. The van der Waals surface area contributed by atoms with Gasteiger partial charge in [0.15, 0.2) is 0 Å². The third kappa shape index (κ3) is 7.49. The topological polar surface area (TPSA) is 103 Å². The molecule has 1 amide bonds. The van der Waals surface area contributed by atoms with Crippen LogP contribution in [0, 0.1) is 0 Å². The molecule has 7 nitrogen and oxygen atoms in total. The van der Waals surface area contributed by atoms with Gasteiger partial charge in [-0.15, -0.1) is 12.4 Å². The first-order valence-corrected chi connectivity index (χ1v) is 11.2. The summed E-state index contributed by atoms with van der Waals surface area (Å²) in [5.41, 5.74) is 9.07. The summed E-state index contributed by atoms with van der Waals surface area (Å²) >= 11 is 0. The maximum atomic E-state index is 12.7. The van der Waals surface area contributed by atoms with Crippen LogP contribution in [0.1, 0.15) is 61.0 Å². The molecule has 0 aliphatic carbocycles. The zero-order chi connectivity index (χ0) is 22.9. The standard InChI is InChI=1S/C25H31N3O4.ClH/c1-3-5-14-27-24(26)17-6-8-18(9-7-17)25(30)28-20-11-13-22-19(15-20)10-12-21(32-22)16-23(29)31-4-2;/h6-9,11,13,15,21H,3-5,10,12,14,16H2,1-2H3,(H2,26,27)(H,28,30);1H. The van der Waals surface area contributed by atoms with Gasteiger partial charge >= 0.3 is 5.97 Å². The Kier molecular flexibility index (Phi) is 10.2. The smallest absolute Gasteiger partial charge is 0.309 e. The average molecular weight is 474 g/mol. The molecule has 1 heterocycles. The zero-order valence-electron chi connectivity index (χ0n) is 19.1. The lowest BCUT2D eigenvalue weighted by molar-refractivity contribution is -0.145. The highest BCUT2D eigenvalue weighted by molar-refractivity contribution is 6.05. The van der Waals surface area contributed by atoms with Gasteiger partial charge in [0.05, 0.1) is 13.0 Å². The number of aliphatic imine (C=N–C) groups is 1. The van der Waals surface area contributed by atoms with Crippen molar-refractivity contribution >= 4 is 35.8 Å². The van der Waals surface area contributed by atoms with Crippen LogP contribution in [-0.4, -0.2) is 37.0 Å². The van der Waals surface area contributed by atoms with Crippen molar-refractivity contribution in [1.29, 1.82) is 0 Å². The van der Waals surface area contributed by atoms with Crippen LogP contribution in [0.5, 0.6) is 5.75 Å². The Morgan fingerprint density at radius 3 is 2.58 bits per heavy atom. The molecule has 178 valence electrons. The Morgan fingerprint density at radius 2 is 1.88 bits per heavy atom. The number of carbonyl (C=O) groups excluding carboxylic acids is 2. The third-order valence-electron chi connectivity index (χ3n) is 5.28. The number of hydrogen-bond donors (Lipinski definition) is 2. The monoisotopic (exact) mass is 473 g/mol. The number of anilines is 1. The summed E-state index contributed by atoms with van der Waals surface area (Å²) in [6, 6.07) is 12.7. The van der Waals surface area contributed by atoms with Gasteiger partial charge in [-0.25, -0.2) is 0 Å². The normalized spacial score (nSPS) is 15.0. The molecule has 8 heteroatoms. The van der Waals surface area contributed by atoms with Crippen LogP contribution in [-0.2, 0) is 16.0 Å². The third-order valence-corrected chi connectivity index (χ3v) is 5.28. The molecule has 1 aliphatic rings. The lowest BCUT2D eigenvalue weighted by atomic mass is 10.00. The van der Waals surface area contributed by atoms with E-state index in [1.165, 1.54) is 0 Å². The van der Waals surface area contributed by atoms with E-state index in [0.717, 1.165) is 42.6 Å². The van der Waals surface area contributed by atoms with Gasteiger partial charge in [0.2, 0.25) is 0 Å². The van der Waals surface area contributed by atoms with E-state index in [1.54, 1.807) is 25.1 Å². The second kappa shape index (κ2) is 12.8. The number of amides is 1. The number of nitrogens with one attached hydrogen (secondary N) is 1. The highest BCUT2D eigenvalue weighted by Crippen LogP contribution is 2.31. The van der Waals surface area contributed by atoms with Gasteiger partial charge in [0, 0.05) is 23.4 Å². The summed E-state index contributed by atoms with van der Waals surface area (Å²) in [7, 11) is 0. The van der Waals surface area contributed by atoms with Crippen LogP contribution in [0.2, 0.25) is 0 Å². The summed E-state index contributed by atoms with van der Waals surface area (Å²) in [6.45, 7) is 4.97. The highest BCUT2D eigenvalue weighted by atomic mass is 35.5. The first-order chi connectivity index (χ1) is 15.5. The molecular weight excluding hydrogens is 442 g/mol. The number of nitrogens with two attached hydrogens (primary N) is 1. The van der Waals surface area contributed by atoms with Crippen molar-refractivity contribution in [2.75, 3.05) is 18.5 Å². The molecule has 2 aromatic carbocycles. The van der Waals surface area contributed by atoms with E-state index >= 15 is 0 Å². The molecule has 0 fully saturated rings. The number of fused-ring (bicyclic) bond motifs is 1. The van der Waals surface area contributed by atoms with Crippen molar-refractivity contribution in [1.82, 2.24) is 0 Å². The maximum Gasteiger partial charge on any atom is 0.309 e. The average Bonchev–Trinajstić information content (AvgIpc) is 2.79. The van der Waals surface area contributed by atoms with Crippen molar-refractivity contribution in [2.45, 2.75) is 52.1 Å². The van der Waals surface area contributed by atoms with Crippen LogP contribution in [0.25, 0.3) is 0 Å². The Morgan fingerprint density at radius 1 is 1.15 bits per heavy atom. The molecule has 3 N–H and O–H groups in total. The molecule has 0 aromatic heterocycles. The quantitative estimate of drug-likeness (QED) is 0.241. The maximum absolute atomic E-state index is 12.7. The van der Waals surface area contributed by atoms with E-state index in [9.17, 15) is 9.59 Å². The van der Waals surface area contributed by atoms with Crippen molar-refractivity contribution < 1.29 is 19.1 Å². The van der Waals surface area contributed by atoms with Gasteiger partial charge in [0.25, 0.3) is 5.91 Å². The van der Waals surface area contributed by atoms with Gasteiger partial charge < -0.3 is 20.5 Å². The Labute approximate surface area is 201 Å². The molecule has 0 saturated carbocycles. The molecule has 2 aromatic rings. The fourth-order valence-electron chi connectivity index (χ4n) is 3.52. The summed E-state index contributed by atoms with van der Waals surface area (Å²) in [4.78, 5) is 28.7. The first kappa shape index (κ1) is 26.2. The number of nitrogens with zero attached hydrogens (tertiary/aromatic N) is 1. The molecule has 1 aliphatic heterocycles. The molecular formula is C25H32ClN3O4. The molecule has 0 bridgehead atoms. The fraction of sp³-hybridized carbons (Fsp3) is 0.400. The van der Waals surface area contributed by atoms with E-state index < -0.39 is 0 Å². The number of aryl methyl sites for hydroxylation is 1. The minimum absolute atomic E-state index is 0. The lowest BCUT2D eigenvalue weighted by Gasteiger charge is -2.26. The zero-order valence-corrected chi connectivity index (χ0v) is 20.0. The Bertz CT molecular complexity index is 976. The number of amidine groups is 1. The van der Waals surface area contributed by atoms with Crippen LogP contribution >= 0.6 is 12.4 Å². The van der Waals surface area contributed by atoms with E-state index in [1.807, 2.05) is 24.3 Å². The largest absolute Gasteiger partial charge is 0.490 e. The van der Waals surface area contributed by atoms with Crippen LogP contribution < -0.4 is 15.8 Å². The SMILES string of the molecule is CCCCN=C(N)c1ccc(C(=O)Nc2ccc3c(c2)CCC(CC(=O)OCC)O3)cc1.Cl. The molecule has 0 radical (unpaired) electrons. The molecule has 0 saturated heterocycles. The van der Waals surface area contributed by atoms with Gasteiger partial charge in [-0.1, -0.05) is 25.5 Å². The van der Waals surface area contributed by atoms with Crippen LogP contribution in [0.3, 0.4) is 0 Å². The predicted molar refractivity (Wildman–Crippen MR) is 133 cm³/mol. The Hall–Kier alpha value is -3.06. The number of carbonyl (C=O) groups is 2. The van der Waals surface area contributed by atoms with Crippen LogP contribution in [0.4, 0.5) is 5.69 Å². The molecule has 1 unspecified atom stereocenters. The highest BCUT2D eigenvalue weighted by Gasteiger charge is 2.23. The number of esters is 1. The number of rotatable bonds is 9. The molecule has 1 atom stereocenters. The summed E-state index contributed by atoms with van der Waals surface area (Å²) in [5, 5.41) is 2.93. The van der Waals surface area contributed by atoms with Crippen molar-refractivity contribution in [3.8, 4) is 5.75 Å². The summed E-state index contributed by atoms with van der Waals surface area (Å²) < 4.78 is 10.9. The molecule has 3 rings (SSSR count). The number of unbranched alkanes of at least 4 members (excludes halogenated alkanes) is 1. The number of halogens is 1. The van der Waals surface area contributed by atoms with E-state index in [2.05, 4.69) is 17.2 Å². The molecule has 0 spiro atoms. The predicted octanol–water partition coefficient (Wildman–Crippen LogP) is 4.51. The van der Waals surface area contributed by atoms with E-state index in [-0.39, 0.29) is 36.8 Å². The molecule has 33 heavy (non-hydrogen) atoms. The van der Waals surface area contributed by atoms with Crippen molar-refractivity contribution in [3.63, 3.8) is 0 Å². The van der Waals surface area contributed by atoms with Crippen molar-refractivity contribution in [3.05, 3.63) is 59.2 Å². The lowest BCUT2D eigenvalue weighted by Crippen LogP contribution is -2.26. The van der Waals surface area contributed by atoms with E-state index in [4.69, 9.17) is 15.2 Å². The van der Waals surface area contributed by atoms with Gasteiger partial charge in [-0.3, -0.25) is 14.6 Å². The summed E-state index contributed by atoms with van der Waals surface area (Å²) in [5.74, 6) is 0.784. The fourth-order valence-corrected chi connectivity index (χ4v) is 3.52. The van der Waals surface area contributed by atoms with E-state index in [0.29, 0.717) is 30.2 Å². The number of ether oxygens (including phenoxy) is 2. The minimum atomic E-state index is -0.246. The minimum Gasteiger partial charge on any atom is -0.490 e.